The van der Waals surface area contributed by atoms with E-state index in [2.05, 4.69) is 0 Å². The molecule has 1 aromatic carbocycles. The highest BCUT2D eigenvalue weighted by atomic mass is 35.5. The minimum absolute atomic E-state index is 0.416. The van der Waals surface area contributed by atoms with Crippen LogP contribution in [-0.4, -0.2) is 5.24 Å². The molecule has 0 N–H and O–H groups in total. The maximum Gasteiger partial charge on any atom is 0.254 e. The lowest BCUT2D eigenvalue weighted by atomic mass is 10.2. The van der Waals surface area contributed by atoms with Gasteiger partial charge >= 0.3 is 0 Å². The SMILES string of the molecule is O=C(Cl)c1ccccc1N1C=CC=CO1. The topological polar surface area (TPSA) is 29.5 Å². The van der Waals surface area contributed by atoms with E-state index in [1.807, 2.05) is 6.07 Å². The molecule has 15 heavy (non-hydrogen) atoms. The first-order chi connectivity index (χ1) is 7.29. The van der Waals surface area contributed by atoms with Gasteiger partial charge in [0.2, 0.25) is 0 Å². The highest BCUT2D eigenvalue weighted by molar-refractivity contribution is 6.68. The number of hydrogen-bond donors (Lipinski definition) is 0. The van der Waals surface area contributed by atoms with E-state index in [-0.39, 0.29) is 0 Å². The number of halogens is 1. The van der Waals surface area contributed by atoms with Crippen molar-refractivity contribution in [2.75, 3.05) is 5.06 Å². The summed E-state index contributed by atoms with van der Waals surface area (Å²) in [6.45, 7) is 0. The number of benzene rings is 1. The van der Waals surface area contributed by atoms with Crippen LogP contribution >= 0.6 is 11.6 Å². The summed E-state index contributed by atoms with van der Waals surface area (Å²) >= 11 is 5.46. The molecule has 0 radical (unpaired) electrons. The molecule has 2 rings (SSSR count). The van der Waals surface area contributed by atoms with Crippen LogP contribution in [0.15, 0.2) is 48.9 Å². The van der Waals surface area contributed by atoms with Gasteiger partial charge in [0.05, 0.1) is 11.3 Å². The normalized spacial score (nSPS) is 13.8. The van der Waals surface area contributed by atoms with Crippen molar-refractivity contribution in [2.45, 2.75) is 0 Å². The summed E-state index contributed by atoms with van der Waals surface area (Å²) in [5.74, 6) is 0. The van der Waals surface area contributed by atoms with Crippen molar-refractivity contribution in [1.29, 1.82) is 0 Å². The first-order valence-corrected chi connectivity index (χ1v) is 4.75. The van der Waals surface area contributed by atoms with Gasteiger partial charge in [0.25, 0.3) is 5.24 Å². The third-order valence-corrected chi connectivity index (χ3v) is 2.14. The number of nitrogens with zero attached hydrogens (tertiary/aromatic N) is 1. The predicted octanol–water partition coefficient (Wildman–Crippen LogP) is 2.84. The fourth-order valence-corrected chi connectivity index (χ4v) is 1.44. The highest BCUT2D eigenvalue weighted by Crippen LogP contribution is 2.23. The van der Waals surface area contributed by atoms with Crippen LogP contribution in [0.4, 0.5) is 5.69 Å². The average molecular weight is 222 g/mol. The van der Waals surface area contributed by atoms with Crippen molar-refractivity contribution in [3.8, 4) is 0 Å². The Morgan fingerprint density at radius 2 is 2.07 bits per heavy atom. The van der Waals surface area contributed by atoms with E-state index in [1.165, 1.54) is 11.3 Å². The number of allylic oxidation sites excluding steroid dienone is 2. The van der Waals surface area contributed by atoms with Crippen molar-refractivity contribution in [1.82, 2.24) is 0 Å². The van der Waals surface area contributed by atoms with Crippen molar-refractivity contribution in [3.63, 3.8) is 0 Å². The largest absolute Gasteiger partial charge is 0.383 e. The van der Waals surface area contributed by atoms with E-state index in [0.29, 0.717) is 11.3 Å². The van der Waals surface area contributed by atoms with E-state index in [0.717, 1.165) is 0 Å². The van der Waals surface area contributed by atoms with E-state index in [4.69, 9.17) is 16.4 Å². The average Bonchev–Trinajstić information content (AvgIpc) is 2.30. The van der Waals surface area contributed by atoms with Crippen LogP contribution < -0.4 is 5.06 Å². The summed E-state index contributed by atoms with van der Waals surface area (Å²) in [6, 6.07) is 6.98. The van der Waals surface area contributed by atoms with Crippen LogP contribution in [0.1, 0.15) is 10.4 Å². The zero-order valence-electron chi connectivity index (χ0n) is 7.76. The Balaban J connectivity index is 2.39. The number of para-hydroxylation sites is 1. The Hall–Kier alpha value is -1.74. The lowest BCUT2D eigenvalue weighted by Crippen LogP contribution is -2.17. The van der Waals surface area contributed by atoms with Crippen LogP contribution in [0.25, 0.3) is 0 Å². The Bertz CT molecular complexity index is 440. The molecule has 0 saturated heterocycles. The molecule has 0 amide bonds. The molecule has 3 nitrogen and oxygen atoms in total. The third-order valence-electron chi connectivity index (χ3n) is 1.94. The lowest BCUT2D eigenvalue weighted by Gasteiger charge is -2.21. The number of hydroxylamine groups is 1. The van der Waals surface area contributed by atoms with E-state index < -0.39 is 5.24 Å². The van der Waals surface area contributed by atoms with Crippen molar-refractivity contribution >= 4 is 22.5 Å². The van der Waals surface area contributed by atoms with Crippen LogP contribution in [-0.2, 0) is 4.84 Å². The van der Waals surface area contributed by atoms with Gasteiger partial charge in [0.1, 0.15) is 6.26 Å². The van der Waals surface area contributed by atoms with Gasteiger partial charge in [-0.05, 0) is 35.9 Å². The molecule has 4 heteroatoms. The Morgan fingerprint density at radius 1 is 1.27 bits per heavy atom. The first kappa shape index (κ1) is 9.80. The number of hydrogen-bond acceptors (Lipinski definition) is 3. The second-order valence-electron chi connectivity index (χ2n) is 2.89. The van der Waals surface area contributed by atoms with Crippen LogP contribution in [0.3, 0.4) is 0 Å². The maximum absolute atomic E-state index is 11.1. The molecule has 0 unspecified atom stereocenters. The third kappa shape index (κ3) is 2.02. The quantitative estimate of drug-likeness (QED) is 0.720. The molecule has 1 aliphatic heterocycles. The molecule has 1 heterocycles. The van der Waals surface area contributed by atoms with Gasteiger partial charge in [-0.2, -0.15) is 5.06 Å². The maximum atomic E-state index is 11.1. The van der Waals surface area contributed by atoms with E-state index in [9.17, 15) is 4.79 Å². The van der Waals surface area contributed by atoms with Gasteiger partial charge in [-0.25, -0.2) is 0 Å². The Labute approximate surface area is 92.2 Å². The summed E-state index contributed by atoms with van der Waals surface area (Å²) in [4.78, 5) is 16.4. The van der Waals surface area contributed by atoms with Gasteiger partial charge in [-0.15, -0.1) is 0 Å². The van der Waals surface area contributed by atoms with Crippen molar-refractivity contribution < 1.29 is 9.63 Å². The minimum atomic E-state index is -0.503. The number of rotatable bonds is 2. The molecule has 0 atom stereocenters. The standard InChI is InChI=1S/C11H8ClNO2/c12-11(14)9-5-1-2-6-10(9)13-7-3-4-8-15-13/h1-8H. The Morgan fingerprint density at radius 3 is 2.73 bits per heavy atom. The number of anilines is 1. The summed E-state index contributed by atoms with van der Waals surface area (Å²) in [5, 5.41) is 0.979. The molecule has 0 bridgehead atoms. The van der Waals surface area contributed by atoms with Crippen LogP contribution in [0.2, 0.25) is 0 Å². The second-order valence-corrected chi connectivity index (χ2v) is 3.24. The highest BCUT2D eigenvalue weighted by Gasteiger charge is 2.14. The smallest absolute Gasteiger partial charge is 0.254 e. The van der Waals surface area contributed by atoms with Crippen LogP contribution in [0, 0.1) is 0 Å². The molecule has 1 aromatic rings. The monoisotopic (exact) mass is 221 g/mol. The van der Waals surface area contributed by atoms with Gasteiger partial charge < -0.3 is 4.84 Å². The van der Waals surface area contributed by atoms with Crippen LogP contribution in [0.5, 0.6) is 0 Å². The molecular formula is C11H8ClNO2. The molecule has 1 aliphatic rings. The van der Waals surface area contributed by atoms with Crippen molar-refractivity contribution in [2.24, 2.45) is 0 Å². The van der Waals surface area contributed by atoms with E-state index >= 15 is 0 Å². The molecule has 0 aliphatic carbocycles. The molecule has 0 saturated carbocycles. The molecule has 0 aromatic heterocycles. The van der Waals surface area contributed by atoms with Crippen molar-refractivity contribution in [3.05, 3.63) is 54.4 Å². The zero-order chi connectivity index (χ0) is 10.7. The molecule has 76 valence electrons. The van der Waals surface area contributed by atoms with Gasteiger partial charge in [0.15, 0.2) is 0 Å². The summed E-state index contributed by atoms with van der Waals surface area (Å²) in [7, 11) is 0. The molecule has 0 fully saturated rings. The second kappa shape index (κ2) is 4.19. The number of carbonyl (C=O) groups is 1. The molecular weight excluding hydrogens is 214 g/mol. The lowest BCUT2D eigenvalue weighted by molar-refractivity contribution is 0.108. The van der Waals surface area contributed by atoms with E-state index in [1.54, 1.807) is 36.6 Å². The Kier molecular flexibility index (Phi) is 2.74. The van der Waals surface area contributed by atoms with Gasteiger partial charge in [0, 0.05) is 6.20 Å². The number of carbonyl (C=O) groups excluding carboxylic acids is 1. The summed E-state index contributed by atoms with van der Waals surface area (Å²) in [5.41, 5.74) is 1.04. The minimum Gasteiger partial charge on any atom is -0.383 e. The zero-order valence-corrected chi connectivity index (χ0v) is 8.52. The van der Waals surface area contributed by atoms with Gasteiger partial charge in [-0.3, -0.25) is 4.79 Å². The molecule has 0 spiro atoms. The van der Waals surface area contributed by atoms with Gasteiger partial charge in [-0.1, -0.05) is 12.1 Å². The first-order valence-electron chi connectivity index (χ1n) is 4.37. The fourth-order valence-electron chi connectivity index (χ4n) is 1.28. The summed E-state index contributed by atoms with van der Waals surface area (Å²) < 4.78 is 0. The predicted molar refractivity (Wildman–Crippen MR) is 58.5 cm³/mol. The summed E-state index contributed by atoms with van der Waals surface area (Å²) in [6.07, 6.45) is 6.79. The fraction of sp³-hybridized carbons (Fsp3) is 0.